The summed E-state index contributed by atoms with van der Waals surface area (Å²) in [6.07, 6.45) is 0.840. The summed E-state index contributed by atoms with van der Waals surface area (Å²) in [5, 5.41) is 0. The van der Waals surface area contributed by atoms with E-state index < -0.39 is 10.8 Å². The fourth-order valence-corrected chi connectivity index (χ4v) is 3.21. The molecule has 1 aromatic carbocycles. The molecule has 0 fully saturated rings. The monoisotopic (exact) mass is 265 g/mol. The Morgan fingerprint density at radius 2 is 2.17 bits per heavy atom. The lowest BCUT2D eigenvalue weighted by molar-refractivity contribution is -0.116. The Labute approximate surface area is 108 Å². The van der Waals surface area contributed by atoms with Gasteiger partial charge in [-0.15, -0.1) is 0 Å². The minimum absolute atomic E-state index is 0.00829. The summed E-state index contributed by atoms with van der Waals surface area (Å²) >= 11 is 0. The lowest BCUT2D eigenvalue weighted by Crippen LogP contribution is -2.39. The molecule has 0 saturated carbocycles. The third kappa shape index (κ3) is 2.22. The van der Waals surface area contributed by atoms with Crippen LogP contribution >= 0.6 is 0 Å². The Kier molecular flexibility index (Phi) is 3.61. The summed E-state index contributed by atoms with van der Waals surface area (Å²) in [7, 11) is -1.34. The number of ketones is 1. The number of anilines is 1. The van der Waals surface area contributed by atoms with Crippen molar-refractivity contribution in [2.45, 2.75) is 25.2 Å². The number of carbonyl (C=O) groups is 2. The predicted molar refractivity (Wildman–Crippen MR) is 70.4 cm³/mol. The van der Waals surface area contributed by atoms with E-state index in [-0.39, 0.29) is 17.4 Å². The van der Waals surface area contributed by atoms with E-state index in [1.807, 2.05) is 6.92 Å². The largest absolute Gasteiger partial charge is 0.310 e. The molecule has 96 valence electrons. The maximum Gasteiger partial charge on any atom is 0.240 e. The van der Waals surface area contributed by atoms with E-state index in [0.717, 1.165) is 6.42 Å². The molecule has 4 nitrogen and oxygen atoms in total. The smallest absolute Gasteiger partial charge is 0.240 e. The number of Topliss-reactive ketones (excluding diaryl/α,β-unsaturated/α-hetero) is 1. The first-order valence-electron chi connectivity index (χ1n) is 5.88. The minimum atomic E-state index is -1.34. The van der Waals surface area contributed by atoms with Crippen molar-refractivity contribution in [1.82, 2.24) is 0 Å². The summed E-state index contributed by atoms with van der Waals surface area (Å²) in [5.74, 6) is -0.166. The topological polar surface area (TPSA) is 54.5 Å². The molecule has 2 rings (SSSR count). The maximum atomic E-state index is 12.0. The zero-order valence-electron chi connectivity index (χ0n) is 10.4. The lowest BCUT2D eigenvalue weighted by atomic mass is 10.1. The molecule has 0 aliphatic carbocycles. The Bertz CT molecular complexity index is 539. The van der Waals surface area contributed by atoms with Gasteiger partial charge in [-0.2, -0.15) is 0 Å². The van der Waals surface area contributed by atoms with Gasteiger partial charge in [-0.3, -0.25) is 13.8 Å². The Morgan fingerprint density at radius 1 is 1.44 bits per heavy atom. The molecule has 1 atom stereocenters. The average Bonchev–Trinajstić information content (AvgIpc) is 2.33. The Balaban J connectivity index is 2.51. The van der Waals surface area contributed by atoms with Gasteiger partial charge in [0.15, 0.2) is 5.78 Å². The molecule has 0 radical (unpaired) electrons. The SMILES string of the molecule is CCCN1C(=O)CS(=O)c2cc(C(C)=O)ccc21. The molecule has 0 saturated heterocycles. The first-order chi connectivity index (χ1) is 8.54. The highest BCUT2D eigenvalue weighted by atomic mass is 32.2. The van der Waals surface area contributed by atoms with Gasteiger partial charge in [-0.05, 0) is 31.5 Å². The summed E-state index contributed by atoms with van der Waals surface area (Å²) in [5.41, 5.74) is 1.21. The van der Waals surface area contributed by atoms with Crippen LogP contribution in [0.25, 0.3) is 0 Å². The van der Waals surface area contributed by atoms with Crippen LogP contribution in [-0.4, -0.2) is 28.2 Å². The molecule has 1 heterocycles. The number of nitrogens with zero attached hydrogens (tertiary/aromatic N) is 1. The van der Waals surface area contributed by atoms with Gasteiger partial charge in [0.25, 0.3) is 0 Å². The van der Waals surface area contributed by atoms with Crippen LogP contribution in [-0.2, 0) is 15.6 Å². The number of hydrogen-bond donors (Lipinski definition) is 0. The quantitative estimate of drug-likeness (QED) is 0.782. The molecule has 0 spiro atoms. The molecule has 18 heavy (non-hydrogen) atoms. The van der Waals surface area contributed by atoms with Crippen molar-refractivity contribution in [3.63, 3.8) is 0 Å². The molecular weight excluding hydrogens is 250 g/mol. The molecule has 1 aliphatic heterocycles. The molecule has 1 amide bonds. The van der Waals surface area contributed by atoms with Gasteiger partial charge in [0.1, 0.15) is 5.75 Å². The molecule has 0 bridgehead atoms. The highest BCUT2D eigenvalue weighted by molar-refractivity contribution is 7.86. The van der Waals surface area contributed by atoms with Crippen molar-refractivity contribution < 1.29 is 13.8 Å². The molecule has 1 aliphatic rings. The Morgan fingerprint density at radius 3 is 2.78 bits per heavy atom. The average molecular weight is 265 g/mol. The standard InChI is InChI=1S/C13H15NO3S/c1-3-6-14-11-5-4-10(9(2)15)7-12(11)18(17)8-13(14)16/h4-5,7H,3,6,8H2,1-2H3. The highest BCUT2D eigenvalue weighted by Crippen LogP contribution is 2.30. The van der Waals surface area contributed by atoms with Crippen molar-refractivity contribution in [2.24, 2.45) is 0 Å². The van der Waals surface area contributed by atoms with Gasteiger partial charge >= 0.3 is 0 Å². The normalized spacial score (nSPS) is 18.7. The van der Waals surface area contributed by atoms with E-state index in [4.69, 9.17) is 0 Å². The molecule has 1 aromatic rings. The molecule has 1 unspecified atom stereocenters. The summed E-state index contributed by atoms with van der Waals surface area (Å²) in [6, 6.07) is 5.04. The first-order valence-corrected chi connectivity index (χ1v) is 7.20. The third-order valence-electron chi connectivity index (χ3n) is 2.91. The van der Waals surface area contributed by atoms with E-state index in [9.17, 15) is 13.8 Å². The number of rotatable bonds is 3. The lowest BCUT2D eigenvalue weighted by Gasteiger charge is -2.28. The minimum Gasteiger partial charge on any atom is -0.310 e. The molecular formula is C13H15NO3S. The third-order valence-corrected chi connectivity index (χ3v) is 4.23. The van der Waals surface area contributed by atoms with Crippen LogP contribution in [0.1, 0.15) is 30.6 Å². The van der Waals surface area contributed by atoms with Crippen LogP contribution in [0.2, 0.25) is 0 Å². The van der Waals surface area contributed by atoms with Crippen molar-refractivity contribution >= 4 is 28.2 Å². The predicted octanol–water partition coefficient (Wildman–Crippen LogP) is 1.75. The van der Waals surface area contributed by atoms with Crippen LogP contribution in [0.15, 0.2) is 23.1 Å². The second-order valence-corrected chi connectivity index (χ2v) is 5.69. The van der Waals surface area contributed by atoms with Gasteiger partial charge in [-0.25, -0.2) is 0 Å². The fraction of sp³-hybridized carbons (Fsp3) is 0.385. The van der Waals surface area contributed by atoms with Crippen LogP contribution in [0, 0.1) is 0 Å². The molecule has 0 N–H and O–H groups in total. The number of hydrogen-bond acceptors (Lipinski definition) is 3. The Hall–Kier alpha value is -1.49. The highest BCUT2D eigenvalue weighted by Gasteiger charge is 2.28. The van der Waals surface area contributed by atoms with Crippen LogP contribution in [0.4, 0.5) is 5.69 Å². The van der Waals surface area contributed by atoms with Crippen LogP contribution in [0.5, 0.6) is 0 Å². The van der Waals surface area contributed by atoms with Crippen LogP contribution in [0.3, 0.4) is 0 Å². The zero-order chi connectivity index (χ0) is 13.3. The van der Waals surface area contributed by atoms with Crippen molar-refractivity contribution in [1.29, 1.82) is 0 Å². The maximum absolute atomic E-state index is 12.0. The van der Waals surface area contributed by atoms with Crippen molar-refractivity contribution in [3.8, 4) is 0 Å². The summed E-state index contributed by atoms with van der Waals surface area (Å²) in [4.78, 5) is 25.4. The van der Waals surface area contributed by atoms with E-state index in [1.54, 1.807) is 23.1 Å². The van der Waals surface area contributed by atoms with E-state index in [1.165, 1.54) is 6.92 Å². The van der Waals surface area contributed by atoms with E-state index in [0.29, 0.717) is 22.7 Å². The summed E-state index contributed by atoms with van der Waals surface area (Å²) < 4.78 is 12.0. The first kappa shape index (κ1) is 13.0. The number of fused-ring (bicyclic) bond motifs is 1. The van der Waals surface area contributed by atoms with Crippen molar-refractivity contribution in [2.75, 3.05) is 17.2 Å². The van der Waals surface area contributed by atoms with Gasteiger partial charge < -0.3 is 4.90 Å². The van der Waals surface area contributed by atoms with Crippen molar-refractivity contribution in [3.05, 3.63) is 23.8 Å². The second kappa shape index (κ2) is 5.02. The summed E-state index contributed by atoms with van der Waals surface area (Å²) in [6.45, 7) is 4.08. The number of benzene rings is 1. The fourth-order valence-electron chi connectivity index (χ4n) is 2.01. The van der Waals surface area contributed by atoms with Gasteiger partial charge in [-0.1, -0.05) is 6.92 Å². The van der Waals surface area contributed by atoms with E-state index >= 15 is 0 Å². The number of carbonyl (C=O) groups excluding carboxylic acids is 2. The van der Waals surface area contributed by atoms with Gasteiger partial charge in [0, 0.05) is 12.1 Å². The number of amides is 1. The second-order valence-electron chi connectivity index (χ2n) is 4.27. The molecule has 0 aromatic heterocycles. The van der Waals surface area contributed by atoms with Gasteiger partial charge in [0.05, 0.1) is 21.4 Å². The van der Waals surface area contributed by atoms with Crippen LogP contribution < -0.4 is 4.90 Å². The van der Waals surface area contributed by atoms with Gasteiger partial charge in [0.2, 0.25) is 5.91 Å². The molecule has 5 heteroatoms. The van der Waals surface area contributed by atoms with E-state index in [2.05, 4.69) is 0 Å². The zero-order valence-corrected chi connectivity index (χ0v) is 11.3.